The molecular formula is C7H10BrNS. The van der Waals surface area contributed by atoms with Crippen LogP contribution in [0.1, 0.15) is 12.5 Å². The smallest absolute Gasteiger partial charge is 0.0314 e. The molecule has 0 aromatic carbocycles. The van der Waals surface area contributed by atoms with Crippen molar-refractivity contribution in [2.75, 3.05) is 0 Å². The van der Waals surface area contributed by atoms with Gasteiger partial charge >= 0.3 is 0 Å². The molecule has 1 aromatic heterocycles. The molecule has 0 fully saturated rings. The van der Waals surface area contributed by atoms with E-state index in [-0.39, 0.29) is 6.04 Å². The zero-order chi connectivity index (χ0) is 7.56. The molecule has 1 unspecified atom stereocenters. The summed E-state index contributed by atoms with van der Waals surface area (Å²) >= 11 is 5.16. The highest BCUT2D eigenvalue weighted by atomic mass is 79.9. The highest BCUT2D eigenvalue weighted by Crippen LogP contribution is 2.21. The second-order valence-electron chi connectivity index (χ2n) is 2.43. The summed E-state index contributed by atoms with van der Waals surface area (Å²) in [6.45, 7) is 2.02. The highest BCUT2D eigenvalue weighted by Gasteiger charge is 2.02. The van der Waals surface area contributed by atoms with E-state index in [0.717, 1.165) is 6.42 Å². The van der Waals surface area contributed by atoms with Gasteiger partial charge in [-0.25, -0.2) is 0 Å². The van der Waals surface area contributed by atoms with Crippen LogP contribution >= 0.6 is 27.3 Å². The van der Waals surface area contributed by atoms with Crippen molar-refractivity contribution in [2.45, 2.75) is 19.4 Å². The Hall–Kier alpha value is 0.140. The molecule has 56 valence electrons. The van der Waals surface area contributed by atoms with Gasteiger partial charge in [0.15, 0.2) is 0 Å². The quantitative estimate of drug-likeness (QED) is 0.813. The Labute approximate surface area is 73.4 Å². The molecule has 0 spiro atoms. The SMILES string of the molecule is CC(N)Cc1cscc1Br. The molecule has 10 heavy (non-hydrogen) atoms. The first-order valence-corrected chi connectivity index (χ1v) is 4.90. The van der Waals surface area contributed by atoms with Crippen LogP contribution in [0.25, 0.3) is 0 Å². The molecular weight excluding hydrogens is 210 g/mol. The molecule has 0 radical (unpaired) electrons. The number of halogens is 1. The number of thiophene rings is 1. The number of hydrogen-bond acceptors (Lipinski definition) is 2. The van der Waals surface area contributed by atoms with Crippen molar-refractivity contribution in [3.63, 3.8) is 0 Å². The summed E-state index contributed by atoms with van der Waals surface area (Å²) in [4.78, 5) is 0. The summed E-state index contributed by atoms with van der Waals surface area (Å²) in [7, 11) is 0. The van der Waals surface area contributed by atoms with Gasteiger partial charge in [0.05, 0.1) is 0 Å². The van der Waals surface area contributed by atoms with Crippen LogP contribution in [0.5, 0.6) is 0 Å². The maximum Gasteiger partial charge on any atom is 0.0314 e. The van der Waals surface area contributed by atoms with Crippen molar-refractivity contribution in [1.82, 2.24) is 0 Å². The molecule has 0 aliphatic carbocycles. The molecule has 3 heteroatoms. The first kappa shape index (κ1) is 8.24. The van der Waals surface area contributed by atoms with E-state index in [2.05, 4.69) is 26.7 Å². The van der Waals surface area contributed by atoms with E-state index >= 15 is 0 Å². The fraction of sp³-hybridized carbons (Fsp3) is 0.429. The van der Waals surface area contributed by atoms with Crippen LogP contribution in [0, 0.1) is 0 Å². The van der Waals surface area contributed by atoms with Crippen molar-refractivity contribution in [1.29, 1.82) is 0 Å². The summed E-state index contributed by atoms with van der Waals surface area (Å²) in [6, 6.07) is 0.255. The monoisotopic (exact) mass is 219 g/mol. The topological polar surface area (TPSA) is 26.0 Å². The number of rotatable bonds is 2. The molecule has 1 nitrogen and oxygen atoms in total. The summed E-state index contributed by atoms with van der Waals surface area (Å²) < 4.78 is 1.19. The summed E-state index contributed by atoms with van der Waals surface area (Å²) in [5.41, 5.74) is 6.96. The van der Waals surface area contributed by atoms with Gasteiger partial charge < -0.3 is 5.73 Å². The molecule has 0 aliphatic heterocycles. The average molecular weight is 220 g/mol. The molecule has 0 bridgehead atoms. The first-order chi connectivity index (χ1) is 4.70. The van der Waals surface area contributed by atoms with E-state index in [4.69, 9.17) is 5.73 Å². The van der Waals surface area contributed by atoms with Gasteiger partial charge in [0.1, 0.15) is 0 Å². The van der Waals surface area contributed by atoms with Gasteiger partial charge in [-0.3, -0.25) is 0 Å². The maximum absolute atomic E-state index is 5.64. The van der Waals surface area contributed by atoms with Crippen molar-refractivity contribution < 1.29 is 0 Å². The Morgan fingerprint density at radius 1 is 1.70 bits per heavy atom. The van der Waals surface area contributed by atoms with Crippen LogP contribution in [-0.4, -0.2) is 6.04 Å². The molecule has 2 N–H and O–H groups in total. The van der Waals surface area contributed by atoms with Crippen molar-refractivity contribution in [3.8, 4) is 0 Å². The third-order valence-corrected chi connectivity index (χ3v) is 3.06. The second-order valence-corrected chi connectivity index (χ2v) is 4.02. The molecule has 1 heterocycles. The third-order valence-electron chi connectivity index (χ3n) is 1.23. The maximum atomic E-state index is 5.64. The minimum atomic E-state index is 0.255. The summed E-state index contributed by atoms with van der Waals surface area (Å²) in [5, 5.41) is 4.21. The molecule has 1 aromatic rings. The van der Waals surface area contributed by atoms with Gasteiger partial charge in [-0.1, -0.05) is 0 Å². The Morgan fingerprint density at radius 3 is 2.80 bits per heavy atom. The predicted octanol–water partition coefficient (Wildman–Crippen LogP) is 2.40. The number of nitrogens with two attached hydrogens (primary N) is 1. The van der Waals surface area contributed by atoms with Gasteiger partial charge in [0.2, 0.25) is 0 Å². The van der Waals surface area contributed by atoms with Crippen LogP contribution < -0.4 is 5.73 Å². The van der Waals surface area contributed by atoms with Gasteiger partial charge in [0, 0.05) is 15.9 Å². The Kier molecular flexibility index (Phi) is 2.89. The molecule has 0 amide bonds. The van der Waals surface area contributed by atoms with E-state index in [1.165, 1.54) is 10.0 Å². The van der Waals surface area contributed by atoms with Crippen molar-refractivity contribution in [2.24, 2.45) is 5.73 Å². The van der Waals surface area contributed by atoms with E-state index < -0.39 is 0 Å². The average Bonchev–Trinajstić information content (AvgIpc) is 2.15. The molecule has 0 aliphatic rings. The molecule has 0 saturated carbocycles. The lowest BCUT2D eigenvalue weighted by Gasteiger charge is -2.01. The van der Waals surface area contributed by atoms with Gasteiger partial charge in [0.25, 0.3) is 0 Å². The van der Waals surface area contributed by atoms with E-state index in [1.807, 2.05) is 6.92 Å². The fourth-order valence-corrected chi connectivity index (χ4v) is 2.28. The van der Waals surface area contributed by atoms with Crippen LogP contribution in [-0.2, 0) is 6.42 Å². The van der Waals surface area contributed by atoms with Crippen molar-refractivity contribution in [3.05, 3.63) is 20.8 Å². The lowest BCUT2D eigenvalue weighted by molar-refractivity contribution is 0.738. The molecule has 1 atom stereocenters. The van der Waals surface area contributed by atoms with E-state index in [0.29, 0.717) is 0 Å². The Bertz CT molecular complexity index is 207. The van der Waals surface area contributed by atoms with Crippen LogP contribution in [0.15, 0.2) is 15.2 Å². The number of hydrogen-bond donors (Lipinski definition) is 1. The first-order valence-electron chi connectivity index (χ1n) is 3.16. The van der Waals surface area contributed by atoms with Crippen LogP contribution in [0.4, 0.5) is 0 Å². The zero-order valence-corrected chi connectivity index (χ0v) is 8.21. The van der Waals surface area contributed by atoms with E-state index in [1.54, 1.807) is 11.3 Å². The summed E-state index contributed by atoms with van der Waals surface area (Å²) in [5.74, 6) is 0. The van der Waals surface area contributed by atoms with Crippen LogP contribution in [0.2, 0.25) is 0 Å². The molecule has 0 saturated heterocycles. The normalized spacial score (nSPS) is 13.5. The van der Waals surface area contributed by atoms with Crippen molar-refractivity contribution >= 4 is 27.3 Å². The lowest BCUT2D eigenvalue weighted by atomic mass is 10.1. The zero-order valence-electron chi connectivity index (χ0n) is 5.80. The van der Waals surface area contributed by atoms with Gasteiger partial charge in [-0.2, -0.15) is 11.3 Å². The highest BCUT2D eigenvalue weighted by molar-refractivity contribution is 9.10. The lowest BCUT2D eigenvalue weighted by Crippen LogP contribution is -2.17. The third kappa shape index (κ3) is 2.08. The summed E-state index contributed by atoms with van der Waals surface area (Å²) in [6.07, 6.45) is 0.962. The Morgan fingerprint density at radius 2 is 2.40 bits per heavy atom. The van der Waals surface area contributed by atoms with Crippen LogP contribution in [0.3, 0.4) is 0 Å². The van der Waals surface area contributed by atoms with E-state index in [9.17, 15) is 0 Å². The Balaban J connectivity index is 2.65. The van der Waals surface area contributed by atoms with Gasteiger partial charge in [-0.05, 0) is 40.2 Å². The second kappa shape index (κ2) is 3.51. The molecule has 1 rings (SSSR count). The minimum Gasteiger partial charge on any atom is -0.328 e. The predicted molar refractivity (Wildman–Crippen MR) is 49.4 cm³/mol. The van der Waals surface area contributed by atoms with Gasteiger partial charge in [-0.15, -0.1) is 0 Å². The minimum absolute atomic E-state index is 0.255. The fourth-order valence-electron chi connectivity index (χ4n) is 0.800. The largest absolute Gasteiger partial charge is 0.328 e. The standard InChI is InChI=1S/C7H10BrNS/c1-5(9)2-6-3-10-4-7(6)8/h3-5H,2,9H2,1H3.